The lowest BCUT2D eigenvalue weighted by molar-refractivity contribution is -0.156. The Morgan fingerprint density at radius 3 is 2.74 bits per heavy atom. The van der Waals surface area contributed by atoms with Crippen LogP contribution in [0.4, 0.5) is 8.78 Å². The molecule has 2 amide bonds. The van der Waals surface area contributed by atoms with Gasteiger partial charge in [-0.25, -0.2) is 19.2 Å². The summed E-state index contributed by atoms with van der Waals surface area (Å²) >= 11 is 1.37. The number of hydrogen-bond donors (Lipinski definition) is 2. The Balaban J connectivity index is 1.26. The number of pyridine rings is 1. The van der Waals surface area contributed by atoms with Crippen LogP contribution in [-0.4, -0.2) is 75.6 Å². The highest BCUT2D eigenvalue weighted by Gasteiger charge is 2.75. The van der Waals surface area contributed by atoms with Crippen molar-refractivity contribution in [3.8, 4) is 22.5 Å². The monoisotopic (exact) mass is 760 g/mol. The Bertz CT molecular complexity index is 2150. The Labute approximate surface area is 316 Å². The Morgan fingerprint density at radius 1 is 1.24 bits per heavy atom. The highest BCUT2D eigenvalue weighted by atomic mass is 32.1. The number of thiazole rings is 1. The molecule has 0 radical (unpaired) electrons. The molecule has 1 saturated heterocycles. The van der Waals surface area contributed by atoms with Crippen LogP contribution >= 0.6 is 11.3 Å². The third-order valence-corrected chi connectivity index (χ3v) is 12.6. The number of amides is 2. The van der Waals surface area contributed by atoms with E-state index in [2.05, 4.69) is 34.4 Å². The fourth-order valence-electron chi connectivity index (χ4n) is 8.36. The number of nitrogens with zero attached hydrogens (tertiary/aromatic N) is 4. The van der Waals surface area contributed by atoms with Gasteiger partial charge >= 0.3 is 5.97 Å². The van der Waals surface area contributed by atoms with E-state index >= 15 is 8.78 Å². The maximum Gasteiger partial charge on any atom is 0.325 e. The molecular weight excluding hydrogens is 715 g/mol. The van der Waals surface area contributed by atoms with Gasteiger partial charge in [0.2, 0.25) is 5.91 Å². The molecule has 2 N–H and O–H groups in total. The summed E-state index contributed by atoms with van der Waals surface area (Å²) in [6.07, 6.45) is 2.73. The minimum absolute atomic E-state index is 0.0546. The van der Waals surface area contributed by atoms with Gasteiger partial charge in [0.1, 0.15) is 12.1 Å². The summed E-state index contributed by atoms with van der Waals surface area (Å²) in [5, 5.41) is 7.54. The smallest absolute Gasteiger partial charge is 0.325 e. The number of cyclic esters (lactones) is 1. The molecule has 5 heterocycles. The molecule has 4 aliphatic rings. The van der Waals surface area contributed by atoms with E-state index in [1.165, 1.54) is 11.3 Å². The van der Waals surface area contributed by atoms with Gasteiger partial charge in [-0.2, -0.15) is 0 Å². The number of halogens is 2. The number of methoxy groups -OCH3 is 1. The third kappa shape index (κ3) is 6.39. The number of carbonyl (C=O) groups is 3. The first-order chi connectivity index (χ1) is 25.7. The van der Waals surface area contributed by atoms with Crippen molar-refractivity contribution in [3.63, 3.8) is 0 Å². The van der Waals surface area contributed by atoms with Crippen molar-refractivity contribution >= 4 is 40.0 Å². The second-order valence-corrected chi connectivity index (χ2v) is 17.1. The quantitative estimate of drug-likeness (QED) is 0.231. The highest BCUT2D eigenvalue weighted by molar-refractivity contribution is 7.10. The Kier molecular flexibility index (Phi) is 9.16. The minimum Gasteiger partial charge on any atom is -0.464 e. The van der Waals surface area contributed by atoms with Crippen LogP contribution in [0.25, 0.3) is 33.4 Å². The topological polar surface area (TPSA) is 128 Å². The van der Waals surface area contributed by atoms with Gasteiger partial charge in [-0.05, 0) is 62.4 Å². The Morgan fingerprint density at radius 2 is 2.02 bits per heavy atom. The van der Waals surface area contributed by atoms with E-state index in [0.29, 0.717) is 18.0 Å². The van der Waals surface area contributed by atoms with Crippen molar-refractivity contribution < 1.29 is 32.6 Å². The highest BCUT2D eigenvalue weighted by Crippen LogP contribution is 2.59. The number of nitrogens with one attached hydrogen (secondary N) is 2. The molecule has 2 saturated carbocycles. The second kappa shape index (κ2) is 13.5. The average Bonchev–Trinajstić information content (AvgIpc) is 3.87. The van der Waals surface area contributed by atoms with Crippen LogP contribution in [0, 0.1) is 29.1 Å². The van der Waals surface area contributed by atoms with E-state index in [0.717, 1.165) is 56.1 Å². The Hall–Kier alpha value is -4.27. The average molecular weight is 761 g/mol. The molecule has 2 aliphatic heterocycles. The summed E-state index contributed by atoms with van der Waals surface area (Å²) in [7, 11) is 1.66. The normalized spacial score (nSPS) is 27.8. The number of aryl methyl sites for hydroxylation is 1. The van der Waals surface area contributed by atoms with Crippen LogP contribution in [0.15, 0.2) is 41.9 Å². The molecule has 8 rings (SSSR count). The summed E-state index contributed by atoms with van der Waals surface area (Å²) in [6, 6.07) is 7.72. The first-order valence-electron chi connectivity index (χ1n) is 18.7. The maximum atomic E-state index is 15.2. The van der Waals surface area contributed by atoms with Crippen molar-refractivity contribution in [2.24, 2.45) is 29.1 Å². The fourth-order valence-corrected chi connectivity index (χ4v) is 9.21. The van der Waals surface area contributed by atoms with E-state index in [-0.39, 0.29) is 43.4 Å². The molecule has 0 unspecified atom stereocenters. The first kappa shape index (κ1) is 36.7. The number of alkyl halides is 2. The van der Waals surface area contributed by atoms with Gasteiger partial charge in [-0.1, -0.05) is 26.8 Å². The van der Waals surface area contributed by atoms with Crippen LogP contribution in [0.1, 0.15) is 63.4 Å². The molecule has 3 aromatic heterocycles. The van der Waals surface area contributed by atoms with Crippen LogP contribution < -0.4 is 10.7 Å². The number of rotatable bonds is 6. The molecule has 11 nitrogen and oxygen atoms in total. The number of hydrazine groups is 1. The zero-order valence-corrected chi connectivity index (χ0v) is 32.1. The van der Waals surface area contributed by atoms with Crippen molar-refractivity contribution in [2.75, 3.05) is 20.3 Å². The third-order valence-electron chi connectivity index (χ3n) is 11.7. The molecule has 4 aromatic rings. The lowest BCUT2D eigenvalue weighted by atomic mass is 9.84. The summed E-state index contributed by atoms with van der Waals surface area (Å²) in [5.41, 5.74) is 8.53. The van der Waals surface area contributed by atoms with E-state index in [1.54, 1.807) is 13.3 Å². The lowest BCUT2D eigenvalue weighted by Gasteiger charge is -2.34. The van der Waals surface area contributed by atoms with Gasteiger partial charge in [0, 0.05) is 71.6 Å². The molecule has 3 fully saturated rings. The molecule has 2 aliphatic carbocycles. The predicted molar refractivity (Wildman–Crippen MR) is 199 cm³/mol. The summed E-state index contributed by atoms with van der Waals surface area (Å²) < 4.78 is 44.4. The predicted octanol–water partition coefficient (Wildman–Crippen LogP) is 5.96. The minimum atomic E-state index is -3.15. The van der Waals surface area contributed by atoms with E-state index in [9.17, 15) is 14.4 Å². The summed E-state index contributed by atoms with van der Waals surface area (Å²) in [4.78, 5) is 50.8. The SMILES string of the molecule is CCn1c(-c2cccnc2[C@H](C)OC)c2c3cc(ccc31)-c1csc(n1)C[C@H](NC(=O)[C@H]1C[C@@H]1C)C(=O)N1C[C@@H]3[C@H]([C@H](N1)C(=O)OCC(C)(C)C2)C3(F)F. The van der Waals surface area contributed by atoms with Crippen molar-refractivity contribution in [1.82, 2.24) is 30.3 Å². The molecule has 7 atom stereocenters. The second-order valence-electron chi connectivity index (χ2n) is 16.1. The number of hydrogen-bond acceptors (Lipinski definition) is 9. The lowest BCUT2D eigenvalue weighted by Crippen LogP contribution is -2.61. The molecule has 1 aromatic carbocycles. The van der Waals surface area contributed by atoms with Crippen LogP contribution in [0.5, 0.6) is 0 Å². The molecule has 6 bridgehead atoms. The maximum absolute atomic E-state index is 15.2. The van der Waals surface area contributed by atoms with E-state index in [1.807, 2.05) is 51.3 Å². The van der Waals surface area contributed by atoms with Gasteiger partial charge in [-0.3, -0.25) is 24.4 Å². The number of benzene rings is 1. The van der Waals surface area contributed by atoms with Crippen molar-refractivity contribution in [3.05, 3.63) is 58.2 Å². The number of carbonyl (C=O) groups excluding carboxylic acids is 3. The largest absolute Gasteiger partial charge is 0.464 e. The van der Waals surface area contributed by atoms with Crippen LogP contribution in [-0.2, 0) is 43.2 Å². The number of esters is 1. The van der Waals surface area contributed by atoms with E-state index in [4.69, 9.17) is 19.4 Å². The van der Waals surface area contributed by atoms with Crippen molar-refractivity contribution in [2.45, 2.75) is 84.5 Å². The molecule has 14 heteroatoms. The first-order valence-corrected chi connectivity index (χ1v) is 19.6. The standard InChI is InChI=1S/C40H46F2N6O5S/c1-7-47-30-11-10-22-14-25(30)26(35(47)23-9-8-12-43-33(23)21(3)52-6)16-39(4,5)19-53-38(51)34-32-27(40(32,41)42)17-48(46-34)37(50)28(15-31-44-29(22)18-54-31)45-36(49)24-13-20(24)2/h8-12,14,18,20-21,24,27-28,32,34,46H,7,13,15-17,19H2,1-6H3,(H,45,49)/t20-,21-,24-,27+,28-,32+,34-/m0/s1. The van der Waals surface area contributed by atoms with Crippen LogP contribution in [0.2, 0.25) is 0 Å². The number of aromatic nitrogens is 3. The van der Waals surface area contributed by atoms with Gasteiger partial charge in [0.15, 0.2) is 0 Å². The van der Waals surface area contributed by atoms with Gasteiger partial charge in [0.05, 0.1) is 46.6 Å². The van der Waals surface area contributed by atoms with Gasteiger partial charge in [-0.15, -0.1) is 11.3 Å². The van der Waals surface area contributed by atoms with Crippen molar-refractivity contribution in [1.29, 1.82) is 0 Å². The number of ether oxygens (including phenoxy) is 2. The zero-order valence-electron chi connectivity index (χ0n) is 31.3. The zero-order chi connectivity index (χ0) is 38.3. The molecular formula is C40H46F2N6O5S. The molecule has 54 heavy (non-hydrogen) atoms. The van der Waals surface area contributed by atoms with Gasteiger partial charge < -0.3 is 19.4 Å². The molecule has 0 spiro atoms. The number of fused-ring (bicyclic) bond motifs is 8. The van der Waals surface area contributed by atoms with E-state index < -0.39 is 47.1 Å². The van der Waals surface area contributed by atoms with Gasteiger partial charge in [0.25, 0.3) is 11.8 Å². The summed E-state index contributed by atoms with van der Waals surface area (Å²) in [6.45, 7) is 10.3. The summed E-state index contributed by atoms with van der Waals surface area (Å²) in [5.74, 6) is -7.36. The van der Waals surface area contributed by atoms with Crippen LogP contribution in [0.3, 0.4) is 0 Å². The fraction of sp³-hybridized carbons (Fsp3) is 0.525. The molecule has 286 valence electrons.